The summed E-state index contributed by atoms with van der Waals surface area (Å²) in [5, 5.41) is 9.53. The SMILES string of the molecule is COc1ccc(C(OC[C@H]2O[C@]3(n4ccc(=O)[nH]c4=O)CN(C(=O)COc4ccccc4)[C@@H]3[C@@H]2OP(OCCC#N)N(C(C)C)C(C)C)(c2ccccc2)c2ccc(OC)cc2)cc1. The van der Waals surface area contributed by atoms with Crippen LogP contribution in [0.15, 0.2) is 131 Å². The standard InChI is InChI=1S/C48H54N5O10P/c1-33(2)53(34(3)4)64(61-29-13-27-49)63-44-41(62-47(52-28-26-42(54)50-46(52)56)32-51(45(44)47)43(55)31-59-40-16-11-8-12-17-40)30-60-48(35-14-9-7-10-15-35,36-18-22-38(57-5)23-19-36)37-20-24-39(58-6)25-21-37/h7-12,14-26,28,33-34,41,44-45H,13,29-32H2,1-6H3,(H,50,54,56)/t41-,44-,45-,47-,64?/m1/s1. The fraction of sp³-hybridized carbons (Fsp3) is 0.375. The molecule has 16 heteroatoms. The van der Waals surface area contributed by atoms with Gasteiger partial charge in [-0.15, -0.1) is 0 Å². The summed E-state index contributed by atoms with van der Waals surface area (Å²) in [6.45, 7) is 7.67. The third-order valence-electron chi connectivity index (χ3n) is 11.4. The van der Waals surface area contributed by atoms with Crippen molar-refractivity contribution in [3.8, 4) is 23.3 Å². The molecule has 2 saturated heterocycles. The average Bonchev–Trinajstić information content (AvgIpc) is 3.52. The van der Waals surface area contributed by atoms with Gasteiger partial charge >= 0.3 is 5.69 Å². The molecule has 0 spiro atoms. The molecule has 0 saturated carbocycles. The molecule has 1 amide bonds. The summed E-state index contributed by atoms with van der Waals surface area (Å²) in [5.41, 5.74) is -1.75. The van der Waals surface area contributed by atoms with Gasteiger partial charge in [-0.05, 0) is 80.8 Å². The van der Waals surface area contributed by atoms with Crippen LogP contribution < -0.4 is 25.5 Å². The first-order valence-electron chi connectivity index (χ1n) is 21.2. The van der Waals surface area contributed by atoms with Gasteiger partial charge < -0.3 is 37.6 Å². The first-order chi connectivity index (χ1) is 30.9. The highest BCUT2D eigenvalue weighted by Crippen LogP contribution is 2.55. The van der Waals surface area contributed by atoms with Crippen molar-refractivity contribution in [1.29, 1.82) is 5.26 Å². The van der Waals surface area contributed by atoms with Gasteiger partial charge in [-0.3, -0.25) is 19.1 Å². The van der Waals surface area contributed by atoms with E-state index in [1.54, 1.807) is 31.3 Å². The van der Waals surface area contributed by atoms with Crippen LogP contribution >= 0.6 is 8.53 Å². The van der Waals surface area contributed by atoms with E-state index in [-0.39, 0.29) is 50.8 Å². The number of carbonyl (C=O) groups excluding carboxylic acids is 1. The highest BCUT2D eigenvalue weighted by Gasteiger charge is 2.69. The molecule has 336 valence electrons. The molecule has 64 heavy (non-hydrogen) atoms. The Labute approximate surface area is 374 Å². The van der Waals surface area contributed by atoms with Gasteiger partial charge in [0.2, 0.25) is 0 Å². The Morgan fingerprint density at radius 2 is 1.44 bits per heavy atom. The third kappa shape index (κ3) is 9.35. The topological polar surface area (TPSA) is 167 Å². The lowest BCUT2D eigenvalue weighted by Crippen LogP contribution is -2.74. The first kappa shape index (κ1) is 46.2. The zero-order valence-electron chi connectivity index (χ0n) is 36.8. The number of likely N-dealkylation sites (tertiary alicyclic amines) is 1. The van der Waals surface area contributed by atoms with Crippen molar-refractivity contribution in [2.45, 2.75) is 75.8 Å². The number of nitrogens with zero attached hydrogens (tertiary/aromatic N) is 4. The number of hydrogen-bond donors (Lipinski definition) is 1. The molecule has 5 atom stereocenters. The lowest BCUT2D eigenvalue weighted by molar-refractivity contribution is -0.217. The number of aromatic nitrogens is 2. The third-order valence-corrected chi connectivity index (χ3v) is 13.5. The Morgan fingerprint density at radius 3 is 1.98 bits per heavy atom. The van der Waals surface area contributed by atoms with Crippen LogP contribution in [0.25, 0.3) is 0 Å². The maximum absolute atomic E-state index is 14.4. The molecule has 5 aromatic rings. The number of carbonyl (C=O) groups is 1. The van der Waals surface area contributed by atoms with Crippen molar-refractivity contribution in [2.75, 3.05) is 40.6 Å². The van der Waals surface area contributed by atoms with E-state index < -0.39 is 49.4 Å². The van der Waals surface area contributed by atoms with Crippen molar-refractivity contribution >= 4 is 14.4 Å². The molecule has 1 unspecified atom stereocenters. The Kier molecular flexibility index (Phi) is 14.7. The summed E-state index contributed by atoms with van der Waals surface area (Å²) >= 11 is 0. The molecule has 15 nitrogen and oxygen atoms in total. The van der Waals surface area contributed by atoms with Gasteiger partial charge in [-0.25, -0.2) is 9.46 Å². The number of para-hydroxylation sites is 1. The zero-order valence-corrected chi connectivity index (χ0v) is 37.7. The summed E-state index contributed by atoms with van der Waals surface area (Å²) in [6, 6.07) is 36.4. The van der Waals surface area contributed by atoms with Crippen molar-refractivity contribution in [3.05, 3.63) is 159 Å². The zero-order chi connectivity index (χ0) is 45.4. The molecule has 1 aromatic heterocycles. The van der Waals surface area contributed by atoms with Gasteiger partial charge in [0.1, 0.15) is 41.1 Å². The molecule has 2 aliphatic heterocycles. The van der Waals surface area contributed by atoms with Crippen LogP contribution in [0.4, 0.5) is 0 Å². The fourth-order valence-corrected chi connectivity index (χ4v) is 10.3. The molecular weight excluding hydrogens is 838 g/mol. The smallest absolute Gasteiger partial charge is 0.330 e. The minimum Gasteiger partial charge on any atom is -0.497 e. The van der Waals surface area contributed by atoms with Crippen LogP contribution in [0.2, 0.25) is 0 Å². The summed E-state index contributed by atoms with van der Waals surface area (Å²) < 4.78 is 48.6. The monoisotopic (exact) mass is 891 g/mol. The Bertz CT molecular complexity index is 2420. The van der Waals surface area contributed by atoms with E-state index in [2.05, 4.69) is 15.7 Å². The second kappa shape index (κ2) is 20.3. The fourth-order valence-electron chi connectivity index (χ4n) is 8.55. The number of aromatic amines is 1. The van der Waals surface area contributed by atoms with Crippen molar-refractivity contribution in [1.82, 2.24) is 19.1 Å². The maximum atomic E-state index is 14.4. The van der Waals surface area contributed by atoms with Crippen LogP contribution in [0.3, 0.4) is 0 Å². The summed E-state index contributed by atoms with van der Waals surface area (Å²) in [6.07, 6.45) is -0.477. The number of benzene rings is 4. The van der Waals surface area contributed by atoms with Crippen LogP contribution in [0.5, 0.6) is 17.2 Å². The summed E-state index contributed by atoms with van der Waals surface area (Å²) in [7, 11) is 1.29. The van der Waals surface area contributed by atoms with Gasteiger partial charge in [0.05, 0.1) is 46.5 Å². The molecule has 0 aliphatic carbocycles. The number of nitrogens with one attached hydrogen (secondary N) is 1. The number of rotatable bonds is 20. The van der Waals surface area contributed by atoms with E-state index in [9.17, 15) is 19.6 Å². The first-order valence-corrected chi connectivity index (χ1v) is 22.3. The van der Waals surface area contributed by atoms with Crippen molar-refractivity contribution in [3.63, 3.8) is 0 Å². The number of methoxy groups -OCH3 is 2. The van der Waals surface area contributed by atoms with Crippen LogP contribution in [0.1, 0.15) is 50.8 Å². The van der Waals surface area contributed by atoms with Gasteiger partial charge in [0.25, 0.3) is 20.0 Å². The normalized spacial score (nSPS) is 19.8. The number of fused-ring (bicyclic) bond motifs is 1. The molecular formula is C48H54N5O10P. The van der Waals surface area contributed by atoms with Crippen LogP contribution in [0, 0.1) is 11.3 Å². The molecule has 4 aromatic carbocycles. The predicted molar refractivity (Wildman–Crippen MR) is 240 cm³/mol. The molecule has 2 aliphatic rings. The number of ether oxygens (including phenoxy) is 5. The second-order valence-electron chi connectivity index (χ2n) is 16.0. The van der Waals surface area contributed by atoms with E-state index in [0.29, 0.717) is 17.2 Å². The van der Waals surface area contributed by atoms with Gasteiger partial charge in [0, 0.05) is 24.3 Å². The molecule has 2 fully saturated rings. The lowest BCUT2D eigenvalue weighted by Gasteiger charge is -2.53. The lowest BCUT2D eigenvalue weighted by atomic mass is 9.80. The minimum atomic E-state index is -1.93. The Hall–Kier alpha value is -5.85. The molecule has 0 radical (unpaired) electrons. The van der Waals surface area contributed by atoms with E-state index in [4.69, 9.17) is 32.7 Å². The highest BCUT2D eigenvalue weighted by atomic mass is 31.2. The maximum Gasteiger partial charge on any atom is 0.330 e. The molecule has 7 rings (SSSR count). The highest BCUT2D eigenvalue weighted by molar-refractivity contribution is 7.44. The Morgan fingerprint density at radius 1 is 0.859 bits per heavy atom. The van der Waals surface area contributed by atoms with E-state index in [0.717, 1.165) is 16.7 Å². The van der Waals surface area contributed by atoms with Crippen LogP contribution in [-0.2, 0) is 34.6 Å². The van der Waals surface area contributed by atoms with Gasteiger partial charge in [0.15, 0.2) is 12.3 Å². The van der Waals surface area contributed by atoms with E-state index in [1.807, 2.05) is 125 Å². The summed E-state index contributed by atoms with van der Waals surface area (Å²) in [4.78, 5) is 44.6. The van der Waals surface area contributed by atoms with Gasteiger partial charge in [-0.1, -0.05) is 72.8 Å². The van der Waals surface area contributed by atoms with Gasteiger partial charge in [-0.2, -0.15) is 5.26 Å². The average molecular weight is 892 g/mol. The Balaban J connectivity index is 1.38. The number of nitriles is 1. The van der Waals surface area contributed by atoms with Crippen LogP contribution in [-0.4, -0.2) is 95.9 Å². The minimum absolute atomic E-state index is 0.0638. The van der Waals surface area contributed by atoms with Crippen molar-refractivity contribution in [2.24, 2.45) is 0 Å². The quantitative estimate of drug-likeness (QED) is 0.0509. The molecule has 1 N–H and O–H groups in total. The second-order valence-corrected chi connectivity index (χ2v) is 17.4. The largest absolute Gasteiger partial charge is 0.497 e. The number of hydrogen-bond acceptors (Lipinski definition) is 12. The number of H-pyrrole nitrogens is 1. The van der Waals surface area contributed by atoms with Crippen molar-refractivity contribution < 1.29 is 37.5 Å². The predicted octanol–water partition coefficient (Wildman–Crippen LogP) is 6.57. The van der Waals surface area contributed by atoms with E-state index >= 15 is 0 Å². The van der Waals surface area contributed by atoms with E-state index in [1.165, 1.54) is 16.8 Å². The summed E-state index contributed by atoms with van der Waals surface area (Å²) in [5.74, 6) is 1.44. The molecule has 0 bridgehead atoms. The molecule has 3 heterocycles. The number of amides is 1.